The molecule has 0 heterocycles. The van der Waals surface area contributed by atoms with E-state index < -0.39 is 16.6 Å². The van der Waals surface area contributed by atoms with E-state index in [2.05, 4.69) is 55.6 Å². The van der Waals surface area contributed by atoms with Gasteiger partial charge in [-0.15, -0.1) is 24.8 Å². The molecule has 0 radical (unpaired) electrons. The van der Waals surface area contributed by atoms with Crippen LogP contribution in [0.4, 0.5) is 0 Å². The van der Waals surface area contributed by atoms with Gasteiger partial charge < -0.3 is 0 Å². The average Bonchev–Trinajstić information content (AvgIpc) is 3.16. The van der Waals surface area contributed by atoms with E-state index in [1.807, 2.05) is 3.88 Å². The molecule has 0 aliphatic heterocycles. The van der Waals surface area contributed by atoms with Crippen LogP contribution in [-0.4, -0.2) is 6.19 Å². The summed E-state index contributed by atoms with van der Waals surface area (Å²) in [6, 6.07) is 0. The van der Waals surface area contributed by atoms with Gasteiger partial charge in [-0.1, -0.05) is 0 Å². The van der Waals surface area contributed by atoms with Crippen molar-refractivity contribution in [1.29, 1.82) is 0 Å². The van der Waals surface area contributed by atoms with Gasteiger partial charge in [-0.05, 0) is 0 Å². The topological polar surface area (TPSA) is 0 Å². The van der Waals surface area contributed by atoms with Gasteiger partial charge in [-0.2, -0.15) is 0 Å². The van der Waals surface area contributed by atoms with Gasteiger partial charge in [0.2, 0.25) is 0 Å². The molecule has 0 bridgehead atoms. The van der Waals surface area contributed by atoms with E-state index in [1.165, 1.54) is 32.1 Å². The minimum atomic E-state index is -1.12. The minimum Gasteiger partial charge on any atom is -0.147 e. The molecule has 0 saturated heterocycles. The first kappa shape index (κ1) is 20.8. The molecule has 5 atom stereocenters. The number of allylic oxidation sites excluding steroid dienone is 8. The number of rotatable bonds is 2. The molecule has 5 unspecified atom stereocenters. The number of hydrogen-bond acceptors (Lipinski definition) is 0. The van der Waals surface area contributed by atoms with Crippen LogP contribution in [0, 0.1) is 23.7 Å². The third-order valence-corrected chi connectivity index (χ3v) is 19.2. The third kappa shape index (κ3) is 3.62. The average molecular weight is 417 g/mol. The van der Waals surface area contributed by atoms with E-state index in [1.54, 1.807) is 0 Å². The van der Waals surface area contributed by atoms with Crippen LogP contribution in [0.25, 0.3) is 0 Å². The Hall–Kier alpha value is 0.471. The summed E-state index contributed by atoms with van der Waals surface area (Å²) < 4.78 is 3.02. The first-order valence-electron chi connectivity index (χ1n) is 9.16. The van der Waals surface area contributed by atoms with Crippen molar-refractivity contribution in [2.24, 2.45) is 23.7 Å². The van der Waals surface area contributed by atoms with E-state index in [-0.39, 0.29) is 31.0 Å². The summed E-state index contributed by atoms with van der Waals surface area (Å²) >= 11 is -1.12. The Balaban J connectivity index is 0.00000104. The monoisotopic (exact) mass is 416 g/mol. The van der Waals surface area contributed by atoms with Crippen LogP contribution < -0.4 is 0 Å². The second-order valence-electron chi connectivity index (χ2n) is 7.80. The molecule has 0 nitrogen and oxygen atoms in total. The van der Waals surface area contributed by atoms with Crippen molar-refractivity contribution in [3.05, 3.63) is 46.4 Å². The van der Waals surface area contributed by atoms with E-state index in [4.69, 9.17) is 0 Å². The third-order valence-electron chi connectivity index (χ3n) is 6.46. The maximum Gasteiger partial charge on any atom is -0.147 e. The molecule has 0 aromatic carbocycles. The Morgan fingerprint density at radius 1 is 0.917 bits per heavy atom. The largest absolute Gasteiger partial charge is 0.147 e. The van der Waals surface area contributed by atoms with Crippen LogP contribution in [-0.2, 0) is 16.6 Å². The second-order valence-corrected chi connectivity index (χ2v) is 20.0. The molecule has 2 saturated carbocycles. The Morgan fingerprint density at radius 2 is 1.58 bits per heavy atom. The quantitative estimate of drug-likeness (QED) is 0.450. The van der Waals surface area contributed by atoms with Gasteiger partial charge in [0.1, 0.15) is 0 Å². The van der Waals surface area contributed by atoms with Crippen molar-refractivity contribution >= 4 is 31.0 Å². The van der Waals surface area contributed by atoms with Crippen LogP contribution in [0.5, 0.6) is 0 Å². The standard InChI is InChI=1S/C13H17.C5H5.C2H6Si.2ClH.Ti/c1-3-7-12-10(5-1)9-11-6-2-4-8-13(11)12;1-2-4-5-3-1;1-3-2;;;/h1,3,5,7,9-13H,2,4,6,8H2;1-3H,4H2;1-2H3;2*1H;. The van der Waals surface area contributed by atoms with Crippen molar-refractivity contribution in [2.75, 3.05) is 0 Å². The maximum absolute atomic E-state index is 2.63. The fourth-order valence-electron chi connectivity index (χ4n) is 5.75. The molecule has 0 amide bonds. The van der Waals surface area contributed by atoms with Gasteiger partial charge in [-0.3, -0.25) is 0 Å². The molecule has 24 heavy (non-hydrogen) atoms. The summed E-state index contributed by atoms with van der Waals surface area (Å²) in [5.41, 5.74) is 0. The Morgan fingerprint density at radius 3 is 2.21 bits per heavy atom. The fourth-order valence-corrected chi connectivity index (χ4v) is 19.7. The zero-order chi connectivity index (χ0) is 15.1. The molecule has 0 N–H and O–H groups in total. The van der Waals surface area contributed by atoms with Crippen LogP contribution >= 0.6 is 24.8 Å². The molecule has 4 heteroatoms. The number of halogens is 2. The summed E-state index contributed by atoms with van der Waals surface area (Å²) in [5.74, 6) is 3.87. The minimum absolute atomic E-state index is 0. The molecule has 132 valence electrons. The molecule has 0 aromatic heterocycles. The van der Waals surface area contributed by atoms with Gasteiger partial charge in [0.15, 0.2) is 0 Å². The normalized spacial score (nSPS) is 35.4. The molecular weight excluding hydrogens is 387 g/mol. The van der Waals surface area contributed by atoms with Crippen molar-refractivity contribution in [1.82, 2.24) is 0 Å². The van der Waals surface area contributed by atoms with E-state index in [0.717, 1.165) is 27.9 Å². The Kier molecular flexibility index (Phi) is 7.71. The van der Waals surface area contributed by atoms with E-state index in [0.29, 0.717) is 0 Å². The molecular formula is C20H30Cl2SiTi. The Labute approximate surface area is 166 Å². The predicted octanol–water partition coefficient (Wildman–Crippen LogP) is 6.51. The summed E-state index contributed by atoms with van der Waals surface area (Å²) in [5, 5.41) is 0. The van der Waals surface area contributed by atoms with Crippen molar-refractivity contribution in [3.8, 4) is 0 Å². The van der Waals surface area contributed by atoms with Crippen LogP contribution in [0.1, 0.15) is 32.1 Å². The molecule has 4 aliphatic carbocycles. The maximum atomic E-state index is 2.63. The van der Waals surface area contributed by atoms with Crippen molar-refractivity contribution < 1.29 is 16.6 Å². The van der Waals surface area contributed by atoms with Crippen molar-refractivity contribution in [2.45, 2.75) is 49.4 Å². The van der Waals surface area contributed by atoms with Gasteiger partial charge in [0, 0.05) is 0 Å². The number of fused-ring (bicyclic) bond motifs is 3. The first-order valence-corrected chi connectivity index (χ1v) is 15.7. The summed E-state index contributed by atoms with van der Waals surface area (Å²) in [6.07, 6.45) is 24.4. The summed E-state index contributed by atoms with van der Waals surface area (Å²) in [4.78, 5) is 0. The number of hydrogen-bond donors (Lipinski definition) is 0. The van der Waals surface area contributed by atoms with Gasteiger partial charge >= 0.3 is 142 Å². The van der Waals surface area contributed by atoms with Crippen LogP contribution in [0.2, 0.25) is 17.3 Å². The van der Waals surface area contributed by atoms with E-state index >= 15 is 0 Å². The summed E-state index contributed by atoms with van der Waals surface area (Å²) in [7, 11) is 0. The van der Waals surface area contributed by atoms with Crippen molar-refractivity contribution in [3.63, 3.8) is 0 Å². The summed E-state index contributed by atoms with van der Waals surface area (Å²) in [6.45, 7) is 5.26. The SMILES string of the molecule is C[Si](C)=[Ti]([C]1=CC=CC1)[CH]1C2C=CC=CC2C2CCCCC21.Cl.Cl. The zero-order valence-electron chi connectivity index (χ0n) is 14.8. The molecule has 2 fully saturated rings. The van der Waals surface area contributed by atoms with Crippen LogP contribution in [0.3, 0.4) is 0 Å². The van der Waals surface area contributed by atoms with Gasteiger partial charge in [0.05, 0.1) is 0 Å². The van der Waals surface area contributed by atoms with E-state index in [9.17, 15) is 0 Å². The first-order chi connectivity index (χ1) is 10.8. The van der Waals surface area contributed by atoms with Crippen LogP contribution in [0.15, 0.2) is 46.4 Å². The molecule has 4 aliphatic rings. The second kappa shape index (κ2) is 8.91. The molecule has 0 spiro atoms. The predicted molar refractivity (Wildman–Crippen MR) is 108 cm³/mol. The van der Waals surface area contributed by atoms with Gasteiger partial charge in [-0.25, -0.2) is 0 Å². The molecule has 4 rings (SSSR count). The fraction of sp³-hybridized carbons (Fsp3) is 0.600. The smallest absolute Gasteiger partial charge is 0.147 e. The zero-order valence-corrected chi connectivity index (χ0v) is 19.0. The Bertz CT molecular complexity index is 613. The van der Waals surface area contributed by atoms with Gasteiger partial charge in [0.25, 0.3) is 0 Å². The molecule has 0 aromatic rings.